The van der Waals surface area contributed by atoms with Gasteiger partial charge >= 0.3 is 0 Å². The molecule has 0 spiro atoms. The molecule has 3 aromatic heterocycles. The third-order valence-corrected chi connectivity index (χ3v) is 4.54. The highest BCUT2D eigenvalue weighted by Gasteiger charge is 2.18. The molecule has 7 heteroatoms. The number of hydrogen-bond acceptors (Lipinski definition) is 4. The summed E-state index contributed by atoms with van der Waals surface area (Å²) in [7, 11) is 1.76. The van der Waals surface area contributed by atoms with Crippen molar-refractivity contribution < 1.29 is 4.79 Å². The van der Waals surface area contributed by atoms with Crippen molar-refractivity contribution in [2.45, 2.75) is 20.4 Å². The number of carbonyl (C=O) groups is 1. The molecule has 0 aromatic carbocycles. The van der Waals surface area contributed by atoms with E-state index in [1.807, 2.05) is 20.0 Å². The number of pyridine rings is 1. The zero-order chi connectivity index (χ0) is 15.9. The lowest BCUT2D eigenvalue weighted by Crippen LogP contribution is -2.27. The first-order valence-corrected chi connectivity index (χ1v) is 7.96. The summed E-state index contributed by atoms with van der Waals surface area (Å²) in [5, 5.41) is 0.515. The molecule has 5 nitrogen and oxygen atoms in total. The first-order chi connectivity index (χ1) is 10.5. The number of aryl methyl sites for hydroxylation is 2. The Morgan fingerprint density at radius 1 is 1.41 bits per heavy atom. The molecule has 0 fully saturated rings. The fourth-order valence-corrected chi connectivity index (χ4v) is 3.30. The molecule has 0 saturated carbocycles. The smallest absolute Gasteiger partial charge is 0.272 e. The summed E-state index contributed by atoms with van der Waals surface area (Å²) in [6.07, 6.45) is 3.53. The molecule has 3 aromatic rings. The lowest BCUT2D eigenvalue weighted by atomic mass is 10.3. The van der Waals surface area contributed by atoms with Gasteiger partial charge in [0.15, 0.2) is 4.96 Å². The van der Waals surface area contributed by atoms with Gasteiger partial charge in [-0.3, -0.25) is 9.20 Å². The number of thiazole rings is 1. The second-order valence-corrected chi connectivity index (χ2v) is 6.81. The van der Waals surface area contributed by atoms with Crippen molar-refractivity contribution in [3.63, 3.8) is 0 Å². The zero-order valence-corrected chi connectivity index (χ0v) is 14.1. The van der Waals surface area contributed by atoms with E-state index >= 15 is 0 Å². The van der Waals surface area contributed by atoms with E-state index in [0.29, 0.717) is 17.3 Å². The Bertz CT molecular complexity index is 837. The molecular weight excluding hydrogens is 320 g/mol. The maximum atomic E-state index is 12.4. The molecule has 0 N–H and O–H groups in total. The minimum absolute atomic E-state index is 0.141. The predicted octanol–water partition coefficient (Wildman–Crippen LogP) is 3.33. The number of nitrogens with zero attached hydrogens (tertiary/aromatic N) is 4. The van der Waals surface area contributed by atoms with Crippen molar-refractivity contribution in [3.8, 4) is 0 Å². The lowest BCUT2D eigenvalue weighted by Gasteiger charge is -2.16. The van der Waals surface area contributed by atoms with Crippen LogP contribution in [0, 0.1) is 13.8 Å². The number of fused-ring (bicyclic) bond motifs is 1. The third-order valence-electron chi connectivity index (χ3n) is 3.42. The fourth-order valence-electron chi connectivity index (χ4n) is 2.29. The maximum absolute atomic E-state index is 12.4. The first-order valence-electron chi connectivity index (χ1n) is 6.76. The van der Waals surface area contributed by atoms with Crippen LogP contribution < -0.4 is 0 Å². The van der Waals surface area contributed by atoms with Gasteiger partial charge in [0.2, 0.25) is 0 Å². The summed E-state index contributed by atoms with van der Waals surface area (Å²) in [6.45, 7) is 4.49. The van der Waals surface area contributed by atoms with Crippen molar-refractivity contribution in [3.05, 3.63) is 51.5 Å². The van der Waals surface area contributed by atoms with E-state index in [0.717, 1.165) is 16.3 Å². The summed E-state index contributed by atoms with van der Waals surface area (Å²) in [6, 6.07) is 3.30. The Balaban J connectivity index is 1.86. The van der Waals surface area contributed by atoms with Crippen LogP contribution in [0.3, 0.4) is 0 Å². The van der Waals surface area contributed by atoms with Gasteiger partial charge in [0.1, 0.15) is 5.69 Å². The molecular formula is C15H15ClN4OS. The highest BCUT2D eigenvalue weighted by molar-refractivity contribution is 7.17. The van der Waals surface area contributed by atoms with Gasteiger partial charge in [0.25, 0.3) is 5.91 Å². The number of hydrogen-bond donors (Lipinski definition) is 0. The first kappa shape index (κ1) is 15.0. The van der Waals surface area contributed by atoms with Gasteiger partial charge < -0.3 is 4.90 Å². The SMILES string of the molecule is Cc1cn2c(CN(C)C(=O)c3ccc(Cl)cn3)c(C)nc2s1. The Labute approximate surface area is 137 Å². The molecule has 0 aliphatic rings. The van der Waals surface area contributed by atoms with Crippen LogP contribution in [0.1, 0.15) is 26.8 Å². The van der Waals surface area contributed by atoms with Crippen LogP contribution in [0.4, 0.5) is 0 Å². The second-order valence-electron chi connectivity index (χ2n) is 5.16. The van der Waals surface area contributed by atoms with Crippen LogP contribution in [0.15, 0.2) is 24.5 Å². The second kappa shape index (κ2) is 5.70. The topological polar surface area (TPSA) is 50.5 Å². The van der Waals surface area contributed by atoms with E-state index in [1.165, 1.54) is 11.1 Å². The van der Waals surface area contributed by atoms with E-state index in [-0.39, 0.29) is 5.91 Å². The Hall–Kier alpha value is -1.92. The number of carbonyl (C=O) groups excluding carboxylic acids is 1. The summed E-state index contributed by atoms with van der Waals surface area (Å²) in [5.74, 6) is -0.141. The molecule has 0 aliphatic heterocycles. The molecule has 0 unspecified atom stereocenters. The standard InChI is InChI=1S/C15H15ClN4OS/c1-9-7-20-13(10(2)18-15(20)22-9)8-19(3)14(21)12-5-4-11(16)6-17-12/h4-7H,8H2,1-3H3. The normalized spacial score (nSPS) is 11.1. The van der Waals surface area contributed by atoms with E-state index in [4.69, 9.17) is 11.6 Å². The fraction of sp³-hybridized carbons (Fsp3) is 0.267. The van der Waals surface area contributed by atoms with E-state index < -0.39 is 0 Å². The van der Waals surface area contributed by atoms with E-state index in [9.17, 15) is 4.79 Å². The van der Waals surface area contributed by atoms with Crippen molar-refractivity contribution in [1.82, 2.24) is 19.3 Å². The minimum Gasteiger partial charge on any atom is -0.334 e. The molecule has 1 amide bonds. The predicted molar refractivity (Wildman–Crippen MR) is 87.6 cm³/mol. The lowest BCUT2D eigenvalue weighted by molar-refractivity contribution is 0.0777. The van der Waals surface area contributed by atoms with Gasteiger partial charge in [0.05, 0.1) is 23.0 Å². The molecule has 0 aliphatic carbocycles. The largest absolute Gasteiger partial charge is 0.334 e. The number of amides is 1. The molecule has 3 rings (SSSR count). The van der Waals surface area contributed by atoms with Gasteiger partial charge in [-0.1, -0.05) is 11.6 Å². The summed E-state index contributed by atoms with van der Waals surface area (Å²) in [4.78, 5) is 24.8. The van der Waals surface area contributed by atoms with Crippen LogP contribution in [0.2, 0.25) is 5.02 Å². The Morgan fingerprint density at radius 3 is 2.86 bits per heavy atom. The third kappa shape index (κ3) is 2.71. The van der Waals surface area contributed by atoms with Crippen molar-refractivity contribution in [2.24, 2.45) is 0 Å². The number of aromatic nitrogens is 3. The van der Waals surface area contributed by atoms with Gasteiger partial charge in [-0.05, 0) is 26.0 Å². The van der Waals surface area contributed by atoms with Crippen LogP contribution >= 0.6 is 22.9 Å². The van der Waals surface area contributed by atoms with Crippen LogP contribution in [0.5, 0.6) is 0 Å². The minimum atomic E-state index is -0.141. The quantitative estimate of drug-likeness (QED) is 0.738. The van der Waals surface area contributed by atoms with Crippen molar-refractivity contribution >= 4 is 33.8 Å². The monoisotopic (exact) mass is 334 g/mol. The number of halogens is 1. The van der Waals surface area contributed by atoms with Crippen LogP contribution in [-0.2, 0) is 6.54 Å². The zero-order valence-electron chi connectivity index (χ0n) is 12.5. The van der Waals surface area contributed by atoms with Crippen molar-refractivity contribution in [2.75, 3.05) is 7.05 Å². The van der Waals surface area contributed by atoms with E-state index in [1.54, 1.807) is 35.4 Å². The molecule has 0 atom stereocenters. The highest BCUT2D eigenvalue weighted by Crippen LogP contribution is 2.22. The Kier molecular flexibility index (Phi) is 3.88. The van der Waals surface area contributed by atoms with Crippen molar-refractivity contribution in [1.29, 1.82) is 0 Å². The molecule has 114 valence electrons. The average molecular weight is 335 g/mol. The maximum Gasteiger partial charge on any atom is 0.272 e. The van der Waals surface area contributed by atoms with Gasteiger partial charge in [-0.2, -0.15) is 0 Å². The highest BCUT2D eigenvalue weighted by atomic mass is 35.5. The van der Waals surface area contributed by atoms with Gasteiger partial charge in [-0.15, -0.1) is 11.3 Å². The number of imidazole rings is 1. The average Bonchev–Trinajstić information content (AvgIpc) is 2.96. The molecule has 0 radical (unpaired) electrons. The van der Waals surface area contributed by atoms with Crippen LogP contribution in [0.25, 0.3) is 4.96 Å². The van der Waals surface area contributed by atoms with E-state index in [2.05, 4.69) is 14.4 Å². The molecule has 22 heavy (non-hydrogen) atoms. The molecule has 0 bridgehead atoms. The summed E-state index contributed by atoms with van der Waals surface area (Å²) < 4.78 is 2.05. The van der Waals surface area contributed by atoms with Crippen LogP contribution in [-0.4, -0.2) is 32.2 Å². The summed E-state index contributed by atoms with van der Waals surface area (Å²) >= 11 is 7.44. The molecule has 3 heterocycles. The van der Waals surface area contributed by atoms with Gasteiger partial charge in [0, 0.05) is 24.3 Å². The molecule has 0 saturated heterocycles. The van der Waals surface area contributed by atoms with Gasteiger partial charge in [-0.25, -0.2) is 9.97 Å². The number of rotatable bonds is 3. The Morgan fingerprint density at radius 2 is 2.18 bits per heavy atom. The summed E-state index contributed by atoms with van der Waals surface area (Å²) in [5.41, 5.74) is 2.34.